The third-order valence-electron chi connectivity index (χ3n) is 7.80. The van der Waals surface area contributed by atoms with E-state index in [1.165, 1.54) is 44.2 Å². The summed E-state index contributed by atoms with van der Waals surface area (Å²) in [7, 11) is 0. The fourth-order valence-corrected chi connectivity index (χ4v) is 7.07. The lowest BCUT2D eigenvalue weighted by Crippen LogP contribution is -2.33. The van der Waals surface area contributed by atoms with Crippen LogP contribution in [-0.4, -0.2) is 10.9 Å². The van der Waals surface area contributed by atoms with E-state index in [0.717, 1.165) is 32.1 Å². The molecule has 3 atom stereocenters. The molecule has 0 spiro atoms. The molecule has 0 N–H and O–H groups in total. The monoisotopic (exact) mass is 561 g/mol. The molecule has 4 aliphatic carbocycles. The topological polar surface area (TPSA) is 3.24 Å². The summed E-state index contributed by atoms with van der Waals surface area (Å²) in [6.45, 7) is 0. The van der Waals surface area contributed by atoms with Crippen LogP contribution < -0.4 is 0 Å². The Bertz CT molecular complexity index is 1170. The lowest BCUT2D eigenvalue weighted by Gasteiger charge is -2.35. The van der Waals surface area contributed by atoms with Gasteiger partial charge in [0.2, 0.25) is 0 Å². The zero-order valence-electron chi connectivity index (χ0n) is 18.8. The lowest BCUT2D eigenvalue weighted by molar-refractivity contribution is 0.341. The molecule has 1 heterocycles. The van der Waals surface area contributed by atoms with Gasteiger partial charge in [0.1, 0.15) is 0 Å². The van der Waals surface area contributed by atoms with E-state index in [2.05, 4.69) is 110 Å². The number of hydrogen-bond donors (Lipinski definition) is 0. The van der Waals surface area contributed by atoms with Crippen molar-refractivity contribution in [2.45, 2.75) is 51.0 Å². The van der Waals surface area contributed by atoms with Crippen LogP contribution in [0.25, 0.3) is 5.57 Å². The minimum atomic E-state index is 0.410. The Morgan fingerprint density at radius 2 is 1.79 bits per heavy atom. The van der Waals surface area contributed by atoms with Crippen molar-refractivity contribution in [1.29, 1.82) is 0 Å². The molecule has 3 unspecified atom stereocenters. The van der Waals surface area contributed by atoms with Crippen LogP contribution in [0, 0.1) is 11.8 Å². The molecule has 0 saturated heterocycles. The maximum atomic E-state index is 3.78. The third-order valence-corrected chi connectivity index (χ3v) is 8.96. The van der Waals surface area contributed by atoms with Gasteiger partial charge in [-0.15, -0.1) is 0 Å². The van der Waals surface area contributed by atoms with Crippen molar-refractivity contribution < 1.29 is 0 Å². The van der Waals surface area contributed by atoms with Gasteiger partial charge in [0, 0.05) is 21.8 Å². The fourth-order valence-electron chi connectivity index (χ4n) is 6.19. The van der Waals surface area contributed by atoms with Crippen LogP contribution in [0.5, 0.6) is 0 Å². The first kappa shape index (κ1) is 21.7. The van der Waals surface area contributed by atoms with Gasteiger partial charge in [-0.3, -0.25) is 0 Å². The predicted octanol–water partition coefficient (Wildman–Crippen LogP) is 8.95. The fraction of sp³-hybridized carbons (Fsp3) is 0.333. The van der Waals surface area contributed by atoms with Gasteiger partial charge in [-0.05, 0) is 89.8 Å². The highest BCUT2D eigenvalue weighted by molar-refractivity contribution is 9.12. The van der Waals surface area contributed by atoms with Crippen molar-refractivity contribution in [3.05, 3.63) is 110 Å². The maximum absolute atomic E-state index is 3.78. The predicted molar refractivity (Wildman–Crippen MR) is 146 cm³/mol. The van der Waals surface area contributed by atoms with E-state index in [-0.39, 0.29) is 0 Å². The van der Waals surface area contributed by atoms with Gasteiger partial charge >= 0.3 is 0 Å². The van der Waals surface area contributed by atoms with Gasteiger partial charge in [0.15, 0.2) is 0 Å². The van der Waals surface area contributed by atoms with E-state index in [9.17, 15) is 0 Å². The van der Waals surface area contributed by atoms with E-state index in [1.54, 1.807) is 11.3 Å². The van der Waals surface area contributed by atoms with Gasteiger partial charge in [-0.25, -0.2) is 0 Å². The minimum Gasteiger partial charge on any atom is -0.341 e. The van der Waals surface area contributed by atoms with Gasteiger partial charge in [-0.1, -0.05) is 92.6 Å². The Morgan fingerprint density at radius 3 is 2.61 bits per heavy atom. The van der Waals surface area contributed by atoms with E-state index in [0.29, 0.717) is 17.9 Å². The second kappa shape index (κ2) is 9.07. The average molecular weight is 563 g/mol. The van der Waals surface area contributed by atoms with Gasteiger partial charge < -0.3 is 4.90 Å². The number of rotatable bonds is 3. The maximum Gasteiger partial charge on any atom is 0.0623 e. The molecule has 168 valence electrons. The number of halogens is 2. The highest BCUT2D eigenvalue weighted by atomic mass is 79.9. The molecule has 0 radical (unpaired) electrons. The zero-order chi connectivity index (χ0) is 22.4. The van der Waals surface area contributed by atoms with Crippen LogP contribution >= 0.6 is 31.9 Å². The molecule has 1 nitrogen and oxygen atoms in total. The SMILES string of the molecule is BrC1=CC2C3=C(CCC(Br)=C3)N(C3=CC(C4CC=C(c5ccccc5)CC4)=CCC3)C2C=C1. The molecule has 3 heteroatoms. The van der Waals surface area contributed by atoms with Crippen LogP contribution in [0.2, 0.25) is 0 Å². The first-order chi connectivity index (χ1) is 16.2. The van der Waals surface area contributed by atoms with Crippen molar-refractivity contribution in [2.24, 2.45) is 11.8 Å². The Labute approximate surface area is 214 Å². The number of benzene rings is 1. The molecule has 1 aromatic carbocycles. The van der Waals surface area contributed by atoms with Crippen LogP contribution in [0.4, 0.5) is 0 Å². The highest BCUT2D eigenvalue weighted by Crippen LogP contribution is 2.49. The van der Waals surface area contributed by atoms with Crippen molar-refractivity contribution in [2.75, 3.05) is 0 Å². The van der Waals surface area contributed by atoms with Crippen LogP contribution in [0.1, 0.15) is 50.5 Å². The van der Waals surface area contributed by atoms with E-state index >= 15 is 0 Å². The lowest BCUT2D eigenvalue weighted by atomic mass is 9.80. The van der Waals surface area contributed by atoms with Crippen molar-refractivity contribution in [3.63, 3.8) is 0 Å². The largest absolute Gasteiger partial charge is 0.341 e. The van der Waals surface area contributed by atoms with Crippen molar-refractivity contribution in [1.82, 2.24) is 4.90 Å². The van der Waals surface area contributed by atoms with Crippen LogP contribution in [0.3, 0.4) is 0 Å². The normalized spacial score (nSPS) is 29.0. The molecule has 33 heavy (non-hydrogen) atoms. The molecule has 0 saturated carbocycles. The van der Waals surface area contributed by atoms with E-state index in [4.69, 9.17) is 0 Å². The second-order valence-electron chi connectivity index (χ2n) is 9.74. The van der Waals surface area contributed by atoms with Gasteiger partial charge in [-0.2, -0.15) is 0 Å². The molecular weight excluding hydrogens is 534 g/mol. The summed E-state index contributed by atoms with van der Waals surface area (Å²) in [4.78, 5) is 2.70. The third kappa shape index (κ3) is 4.12. The summed E-state index contributed by atoms with van der Waals surface area (Å²) in [6, 6.07) is 11.3. The van der Waals surface area contributed by atoms with E-state index in [1.807, 2.05) is 0 Å². The Hall–Kier alpha value is -1.84. The smallest absolute Gasteiger partial charge is 0.0623 e. The van der Waals surface area contributed by atoms with Gasteiger partial charge in [0.05, 0.1) is 6.04 Å². The molecule has 1 aliphatic heterocycles. The molecule has 0 fully saturated rings. The van der Waals surface area contributed by atoms with Crippen LogP contribution in [-0.2, 0) is 0 Å². The van der Waals surface area contributed by atoms with Crippen molar-refractivity contribution >= 4 is 37.4 Å². The number of nitrogens with zero attached hydrogens (tertiary/aromatic N) is 1. The molecule has 0 bridgehead atoms. The summed E-state index contributed by atoms with van der Waals surface area (Å²) < 4.78 is 2.54. The second-order valence-corrected chi connectivity index (χ2v) is 11.7. The number of hydrogen-bond acceptors (Lipinski definition) is 1. The molecular formula is C30H29Br2N. The summed E-state index contributed by atoms with van der Waals surface area (Å²) in [5.41, 5.74) is 9.05. The molecule has 1 aromatic rings. The summed E-state index contributed by atoms with van der Waals surface area (Å²) in [5, 5.41) is 0. The first-order valence-corrected chi connectivity index (χ1v) is 13.8. The molecule has 0 amide bonds. The highest BCUT2D eigenvalue weighted by Gasteiger charge is 2.41. The van der Waals surface area contributed by atoms with Crippen LogP contribution in [0.15, 0.2) is 104 Å². The quantitative estimate of drug-likeness (QED) is 0.355. The Morgan fingerprint density at radius 1 is 0.909 bits per heavy atom. The van der Waals surface area contributed by atoms with Crippen molar-refractivity contribution in [3.8, 4) is 0 Å². The molecule has 6 rings (SSSR count). The summed E-state index contributed by atoms with van der Waals surface area (Å²) in [5.74, 6) is 1.09. The molecule has 5 aliphatic rings. The minimum absolute atomic E-state index is 0.410. The number of fused-ring (bicyclic) bond motifs is 2. The first-order valence-electron chi connectivity index (χ1n) is 12.3. The van der Waals surface area contributed by atoms with E-state index < -0.39 is 0 Å². The standard InChI is InChI=1S/C30H29Br2N/c31-24-13-15-29-27(18-24)28-19-25(32)14-16-30(28)33(29)26-8-4-7-23(17-26)22-11-9-21(10-12-22)20-5-2-1-3-6-20/h1-3,5-7,9,13,15,17-19,22,27,29H,4,8,10-12,14,16H2. The summed E-state index contributed by atoms with van der Waals surface area (Å²) >= 11 is 7.51. The number of allylic oxidation sites excluding steroid dienone is 11. The summed E-state index contributed by atoms with van der Waals surface area (Å²) in [6.07, 6.45) is 25.1. The molecule has 0 aromatic heterocycles. The Kier molecular flexibility index (Phi) is 5.96. The van der Waals surface area contributed by atoms with Gasteiger partial charge in [0.25, 0.3) is 0 Å². The Balaban J connectivity index is 1.27. The average Bonchev–Trinajstić information content (AvgIpc) is 3.17. The zero-order valence-corrected chi connectivity index (χ0v) is 22.0.